The second-order valence-electron chi connectivity index (χ2n) is 5.81. The fraction of sp³-hybridized carbons (Fsp3) is 0.150. The fourth-order valence-electron chi connectivity index (χ4n) is 2.71. The molecule has 0 aromatic heterocycles. The van der Waals surface area contributed by atoms with Crippen molar-refractivity contribution in [3.05, 3.63) is 58.6 Å². The summed E-state index contributed by atoms with van der Waals surface area (Å²) in [5.41, 5.74) is 0.612. The molecule has 1 fully saturated rings. The molecule has 2 aromatic rings. The fourth-order valence-corrected chi connectivity index (χ4v) is 2.94. The van der Waals surface area contributed by atoms with Gasteiger partial charge in [-0.25, -0.2) is 9.69 Å². The van der Waals surface area contributed by atoms with Gasteiger partial charge in [-0.3, -0.25) is 14.9 Å². The van der Waals surface area contributed by atoms with Gasteiger partial charge >= 0.3 is 6.03 Å². The molecule has 0 bridgehead atoms. The van der Waals surface area contributed by atoms with Crippen LogP contribution in [0.3, 0.4) is 0 Å². The van der Waals surface area contributed by atoms with Crippen molar-refractivity contribution in [3.63, 3.8) is 0 Å². The molecule has 1 aliphatic heterocycles. The summed E-state index contributed by atoms with van der Waals surface area (Å²) in [4.78, 5) is 38.3. The van der Waals surface area contributed by atoms with Crippen molar-refractivity contribution in [2.45, 2.75) is 6.92 Å². The number of ether oxygens (including phenoxy) is 2. The van der Waals surface area contributed by atoms with Crippen LogP contribution >= 0.6 is 11.6 Å². The number of rotatable bonds is 5. The quantitative estimate of drug-likeness (QED) is 0.614. The van der Waals surface area contributed by atoms with Gasteiger partial charge < -0.3 is 9.47 Å². The third kappa shape index (κ3) is 3.99. The number of barbiturate groups is 1. The van der Waals surface area contributed by atoms with Gasteiger partial charge in [0, 0.05) is 5.02 Å². The van der Waals surface area contributed by atoms with Crippen LogP contribution in [0.2, 0.25) is 5.02 Å². The lowest BCUT2D eigenvalue weighted by molar-refractivity contribution is -0.122. The second kappa shape index (κ2) is 8.14. The Labute approximate surface area is 166 Å². The van der Waals surface area contributed by atoms with E-state index >= 15 is 0 Å². The lowest BCUT2D eigenvalue weighted by Gasteiger charge is -2.26. The van der Waals surface area contributed by atoms with E-state index in [0.29, 0.717) is 34.4 Å². The molecule has 0 saturated carbocycles. The van der Waals surface area contributed by atoms with Crippen molar-refractivity contribution < 1.29 is 23.9 Å². The maximum Gasteiger partial charge on any atom is 0.335 e. The van der Waals surface area contributed by atoms with E-state index < -0.39 is 17.8 Å². The topological polar surface area (TPSA) is 84.9 Å². The minimum atomic E-state index is -0.821. The minimum Gasteiger partial charge on any atom is -0.497 e. The zero-order valence-electron chi connectivity index (χ0n) is 15.2. The Morgan fingerprint density at radius 2 is 1.79 bits per heavy atom. The number of imide groups is 2. The number of benzene rings is 2. The van der Waals surface area contributed by atoms with Gasteiger partial charge in [0.15, 0.2) is 0 Å². The van der Waals surface area contributed by atoms with Gasteiger partial charge in [0.25, 0.3) is 11.8 Å². The van der Waals surface area contributed by atoms with Crippen molar-refractivity contribution >= 4 is 41.2 Å². The summed E-state index contributed by atoms with van der Waals surface area (Å²) in [6, 6.07) is 10.4. The van der Waals surface area contributed by atoms with Crippen molar-refractivity contribution in [2.75, 3.05) is 18.6 Å². The number of methoxy groups -OCH3 is 1. The Bertz CT molecular complexity index is 969. The van der Waals surface area contributed by atoms with Crippen LogP contribution in [0.5, 0.6) is 11.5 Å². The first-order valence-electron chi connectivity index (χ1n) is 8.42. The summed E-state index contributed by atoms with van der Waals surface area (Å²) in [6.45, 7) is 2.27. The number of carbonyl (C=O) groups excluding carboxylic acids is 3. The summed E-state index contributed by atoms with van der Waals surface area (Å²) in [7, 11) is 1.51. The highest BCUT2D eigenvalue weighted by atomic mass is 35.5. The van der Waals surface area contributed by atoms with Gasteiger partial charge in [-0.05, 0) is 61.0 Å². The monoisotopic (exact) mass is 400 g/mol. The summed E-state index contributed by atoms with van der Waals surface area (Å²) >= 11 is 6.08. The highest BCUT2D eigenvalue weighted by molar-refractivity contribution is 6.39. The SMILES string of the molecule is CCOc1cc(Cl)cc(/C=C2\C(=O)NC(=O)N(c3ccc(OC)cc3)C2=O)c1. The lowest BCUT2D eigenvalue weighted by atomic mass is 10.1. The Hall–Kier alpha value is -3.32. The molecule has 1 aliphatic rings. The largest absolute Gasteiger partial charge is 0.497 e. The Morgan fingerprint density at radius 1 is 1.07 bits per heavy atom. The molecular formula is C20H17ClN2O5. The van der Waals surface area contributed by atoms with Crippen LogP contribution in [-0.4, -0.2) is 31.6 Å². The van der Waals surface area contributed by atoms with Gasteiger partial charge in [-0.2, -0.15) is 0 Å². The molecule has 0 atom stereocenters. The molecule has 8 heteroatoms. The third-order valence-electron chi connectivity index (χ3n) is 3.95. The van der Waals surface area contributed by atoms with Crippen LogP contribution in [0, 0.1) is 0 Å². The molecule has 4 amide bonds. The first-order valence-corrected chi connectivity index (χ1v) is 8.79. The number of nitrogens with zero attached hydrogens (tertiary/aromatic N) is 1. The predicted octanol–water partition coefficient (Wildman–Crippen LogP) is 3.41. The number of hydrogen-bond donors (Lipinski definition) is 1. The number of urea groups is 1. The molecule has 3 rings (SSSR count). The summed E-state index contributed by atoms with van der Waals surface area (Å²) in [5.74, 6) is -0.439. The highest BCUT2D eigenvalue weighted by Crippen LogP contribution is 2.26. The second-order valence-corrected chi connectivity index (χ2v) is 6.25. The summed E-state index contributed by atoms with van der Waals surface area (Å²) < 4.78 is 10.5. The zero-order chi connectivity index (χ0) is 20.3. The van der Waals surface area contributed by atoms with E-state index in [4.69, 9.17) is 21.1 Å². The molecule has 0 spiro atoms. The van der Waals surface area contributed by atoms with Gasteiger partial charge in [0.1, 0.15) is 17.1 Å². The molecule has 7 nitrogen and oxygen atoms in total. The number of anilines is 1. The molecule has 1 heterocycles. The van der Waals surface area contributed by atoms with Crippen LogP contribution in [0.15, 0.2) is 48.0 Å². The van der Waals surface area contributed by atoms with Crippen LogP contribution < -0.4 is 19.7 Å². The average molecular weight is 401 g/mol. The van der Waals surface area contributed by atoms with Gasteiger partial charge in [0.05, 0.1) is 19.4 Å². The van der Waals surface area contributed by atoms with Crippen LogP contribution in [0.1, 0.15) is 12.5 Å². The van der Waals surface area contributed by atoms with Gasteiger partial charge in [0.2, 0.25) is 0 Å². The third-order valence-corrected chi connectivity index (χ3v) is 4.17. The number of carbonyl (C=O) groups is 3. The van der Waals surface area contributed by atoms with Crippen molar-refractivity contribution in [1.82, 2.24) is 5.32 Å². The van der Waals surface area contributed by atoms with E-state index in [2.05, 4.69) is 5.32 Å². The van der Waals surface area contributed by atoms with E-state index in [9.17, 15) is 14.4 Å². The molecule has 1 saturated heterocycles. The van der Waals surface area contributed by atoms with E-state index in [1.165, 1.54) is 13.2 Å². The normalized spacial score (nSPS) is 15.6. The molecule has 2 aromatic carbocycles. The maximum absolute atomic E-state index is 12.9. The zero-order valence-corrected chi connectivity index (χ0v) is 15.9. The van der Waals surface area contributed by atoms with Crippen LogP contribution in [0.25, 0.3) is 6.08 Å². The first-order chi connectivity index (χ1) is 13.4. The van der Waals surface area contributed by atoms with Gasteiger partial charge in [-0.15, -0.1) is 0 Å². The van der Waals surface area contributed by atoms with Gasteiger partial charge in [-0.1, -0.05) is 11.6 Å². The molecule has 28 heavy (non-hydrogen) atoms. The van der Waals surface area contributed by atoms with Crippen molar-refractivity contribution in [1.29, 1.82) is 0 Å². The van der Waals surface area contributed by atoms with E-state index in [1.807, 2.05) is 6.92 Å². The smallest absolute Gasteiger partial charge is 0.335 e. The van der Waals surface area contributed by atoms with Crippen LogP contribution in [-0.2, 0) is 9.59 Å². The summed E-state index contributed by atoms with van der Waals surface area (Å²) in [5, 5.41) is 2.57. The van der Waals surface area contributed by atoms with E-state index in [0.717, 1.165) is 4.90 Å². The standard InChI is InChI=1S/C20H17ClN2O5/c1-3-28-16-9-12(8-13(21)11-16)10-17-18(24)22-20(26)23(19(17)25)14-4-6-15(27-2)7-5-14/h4-11H,3H2,1-2H3,(H,22,24,26)/b17-10+. The molecule has 1 N–H and O–H groups in total. The highest BCUT2D eigenvalue weighted by Gasteiger charge is 2.36. The molecule has 0 radical (unpaired) electrons. The van der Waals surface area contributed by atoms with E-state index in [-0.39, 0.29) is 5.57 Å². The van der Waals surface area contributed by atoms with Crippen molar-refractivity contribution in [3.8, 4) is 11.5 Å². The minimum absolute atomic E-state index is 0.194. The lowest BCUT2D eigenvalue weighted by Crippen LogP contribution is -2.54. The first kappa shape index (κ1) is 19.4. The van der Waals surface area contributed by atoms with E-state index in [1.54, 1.807) is 42.5 Å². The maximum atomic E-state index is 12.9. The predicted molar refractivity (Wildman–Crippen MR) is 105 cm³/mol. The molecule has 0 aliphatic carbocycles. The van der Waals surface area contributed by atoms with Crippen LogP contribution in [0.4, 0.5) is 10.5 Å². The Morgan fingerprint density at radius 3 is 2.43 bits per heavy atom. The molecular weight excluding hydrogens is 384 g/mol. The molecule has 144 valence electrons. The van der Waals surface area contributed by atoms with Crippen molar-refractivity contribution in [2.24, 2.45) is 0 Å². The Balaban J connectivity index is 1.98. The average Bonchev–Trinajstić information content (AvgIpc) is 2.65. The number of hydrogen-bond acceptors (Lipinski definition) is 5. The number of halogens is 1. The number of amides is 4. The Kier molecular flexibility index (Phi) is 5.65. The molecule has 0 unspecified atom stereocenters. The summed E-state index contributed by atoms with van der Waals surface area (Å²) in [6.07, 6.45) is 1.37. The number of nitrogens with one attached hydrogen (secondary N) is 1.